The van der Waals surface area contributed by atoms with Crippen molar-refractivity contribution < 1.29 is 71.4 Å². The van der Waals surface area contributed by atoms with Crippen LogP contribution in [-0.4, -0.2) is 67.8 Å². The number of aliphatic hydroxyl groups is 1. The SMILES string of the molecule is C=CCOCC(O)COC(=O)C(CC(=O)OCCCCCCCCCCCCC)S(=O)(=O)[O-].[Na+]. The van der Waals surface area contributed by atoms with E-state index in [-0.39, 0.29) is 49.4 Å². The van der Waals surface area contributed by atoms with Gasteiger partial charge in [0, 0.05) is 0 Å². The standard InChI is InChI=1S/C23H42O9S.Na/c1-3-5-6-7-8-9-10-11-12-13-14-16-31-22(25)17-21(33(27,28)29)23(26)32-19-20(24)18-30-15-4-2;/h4,20-21,24H,2-3,5-19H2,1H3,(H,27,28,29);/q;+1/p-1. The van der Waals surface area contributed by atoms with Gasteiger partial charge in [-0.3, -0.25) is 9.59 Å². The Bertz CT molecular complexity index is 640. The van der Waals surface area contributed by atoms with Gasteiger partial charge in [-0.05, 0) is 6.42 Å². The Kier molecular flexibility index (Phi) is 24.1. The maximum absolute atomic E-state index is 12.0. The summed E-state index contributed by atoms with van der Waals surface area (Å²) in [6.07, 6.45) is 11.8. The van der Waals surface area contributed by atoms with Crippen LogP contribution in [0.15, 0.2) is 12.7 Å². The number of carbonyl (C=O) groups excluding carboxylic acids is 2. The van der Waals surface area contributed by atoms with Gasteiger partial charge in [-0.25, -0.2) is 8.42 Å². The Morgan fingerprint density at radius 3 is 1.97 bits per heavy atom. The number of aliphatic hydroxyl groups excluding tert-OH is 1. The van der Waals surface area contributed by atoms with Crippen molar-refractivity contribution in [3.63, 3.8) is 0 Å². The molecule has 0 aliphatic heterocycles. The minimum Gasteiger partial charge on any atom is -0.747 e. The Morgan fingerprint density at radius 1 is 0.941 bits per heavy atom. The van der Waals surface area contributed by atoms with Crippen LogP contribution in [0.25, 0.3) is 0 Å². The molecule has 0 spiro atoms. The van der Waals surface area contributed by atoms with Crippen molar-refractivity contribution in [2.45, 2.75) is 95.3 Å². The molecule has 0 heterocycles. The average Bonchev–Trinajstić information content (AvgIpc) is 2.76. The number of unbranched alkanes of at least 4 members (excludes halogenated alkanes) is 10. The van der Waals surface area contributed by atoms with Crippen molar-refractivity contribution in [3.8, 4) is 0 Å². The van der Waals surface area contributed by atoms with Gasteiger partial charge in [-0.2, -0.15) is 0 Å². The van der Waals surface area contributed by atoms with Crippen LogP contribution in [-0.2, 0) is 33.9 Å². The van der Waals surface area contributed by atoms with Crippen LogP contribution in [0.3, 0.4) is 0 Å². The summed E-state index contributed by atoms with van der Waals surface area (Å²) in [5, 5.41) is 7.39. The summed E-state index contributed by atoms with van der Waals surface area (Å²) >= 11 is 0. The summed E-state index contributed by atoms with van der Waals surface area (Å²) in [4.78, 5) is 23.8. The van der Waals surface area contributed by atoms with Gasteiger partial charge >= 0.3 is 41.5 Å². The normalized spacial score (nSPS) is 12.9. The fourth-order valence-corrected chi connectivity index (χ4v) is 3.72. The van der Waals surface area contributed by atoms with E-state index in [1.54, 1.807) is 0 Å². The number of carbonyl (C=O) groups is 2. The molecule has 0 aromatic rings. The summed E-state index contributed by atoms with van der Waals surface area (Å²) in [6.45, 7) is 5.15. The Hall–Kier alpha value is -0.490. The Balaban J connectivity index is 0. The monoisotopic (exact) mass is 516 g/mol. The van der Waals surface area contributed by atoms with E-state index >= 15 is 0 Å². The molecular weight excluding hydrogens is 475 g/mol. The molecule has 194 valence electrons. The molecule has 0 aliphatic rings. The largest absolute Gasteiger partial charge is 1.00 e. The van der Waals surface area contributed by atoms with Crippen LogP contribution < -0.4 is 29.6 Å². The van der Waals surface area contributed by atoms with Crippen molar-refractivity contribution in [1.82, 2.24) is 0 Å². The zero-order valence-electron chi connectivity index (χ0n) is 20.9. The summed E-state index contributed by atoms with van der Waals surface area (Å²) in [7, 11) is -5.14. The molecule has 2 atom stereocenters. The van der Waals surface area contributed by atoms with Crippen LogP contribution in [0.5, 0.6) is 0 Å². The third-order valence-corrected chi connectivity index (χ3v) is 5.99. The summed E-state index contributed by atoms with van der Waals surface area (Å²) in [5.41, 5.74) is 0. The van der Waals surface area contributed by atoms with Crippen molar-refractivity contribution in [2.24, 2.45) is 0 Å². The van der Waals surface area contributed by atoms with Gasteiger partial charge in [0.15, 0.2) is 5.25 Å². The van der Waals surface area contributed by atoms with Crippen LogP contribution in [0.2, 0.25) is 0 Å². The van der Waals surface area contributed by atoms with E-state index in [4.69, 9.17) is 9.47 Å². The molecule has 1 N–H and O–H groups in total. The zero-order chi connectivity index (χ0) is 25.0. The maximum Gasteiger partial charge on any atom is 1.00 e. The van der Waals surface area contributed by atoms with Gasteiger partial charge < -0.3 is 23.9 Å². The van der Waals surface area contributed by atoms with Crippen LogP contribution >= 0.6 is 0 Å². The van der Waals surface area contributed by atoms with Crippen molar-refractivity contribution >= 4 is 22.1 Å². The Morgan fingerprint density at radius 2 is 1.47 bits per heavy atom. The van der Waals surface area contributed by atoms with Crippen molar-refractivity contribution in [3.05, 3.63) is 12.7 Å². The number of hydrogen-bond acceptors (Lipinski definition) is 9. The molecule has 11 heteroatoms. The first kappa shape index (κ1) is 35.7. The molecular formula is C23H41NaO9S. The second-order valence-corrected chi connectivity index (χ2v) is 9.61. The first-order valence-electron chi connectivity index (χ1n) is 11.9. The number of hydrogen-bond donors (Lipinski definition) is 1. The molecule has 0 bridgehead atoms. The molecule has 0 aliphatic carbocycles. The van der Waals surface area contributed by atoms with Gasteiger partial charge in [0.2, 0.25) is 0 Å². The van der Waals surface area contributed by atoms with Gasteiger partial charge in [0.1, 0.15) is 22.8 Å². The van der Waals surface area contributed by atoms with Gasteiger partial charge in [-0.15, -0.1) is 6.58 Å². The smallest absolute Gasteiger partial charge is 0.747 e. The second-order valence-electron chi connectivity index (χ2n) is 8.05. The molecule has 9 nitrogen and oxygen atoms in total. The molecule has 34 heavy (non-hydrogen) atoms. The molecule has 0 saturated carbocycles. The minimum atomic E-state index is -5.14. The topological polar surface area (TPSA) is 139 Å². The van der Waals surface area contributed by atoms with Gasteiger partial charge in [-0.1, -0.05) is 77.2 Å². The average molecular weight is 517 g/mol. The molecule has 0 rings (SSSR count). The number of esters is 2. The third kappa shape index (κ3) is 20.8. The maximum atomic E-state index is 12.0. The number of ether oxygens (including phenoxy) is 3. The summed E-state index contributed by atoms with van der Waals surface area (Å²) in [5.74, 6) is -2.36. The summed E-state index contributed by atoms with van der Waals surface area (Å²) in [6, 6.07) is 0. The van der Waals surface area contributed by atoms with E-state index < -0.39 is 46.4 Å². The quantitative estimate of drug-likeness (QED) is 0.0705. The summed E-state index contributed by atoms with van der Waals surface area (Å²) < 4.78 is 48.7. The molecule has 0 fully saturated rings. The second kappa shape index (κ2) is 22.9. The minimum absolute atomic E-state index is 0. The van der Waals surface area contributed by atoms with Crippen molar-refractivity contribution in [2.75, 3.05) is 26.4 Å². The first-order chi connectivity index (χ1) is 15.7. The molecule has 2 unspecified atom stereocenters. The molecule has 0 aromatic heterocycles. The van der Waals surface area contributed by atoms with Crippen molar-refractivity contribution in [1.29, 1.82) is 0 Å². The first-order valence-corrected chi connectivity index (χ1v) is 13.3. The third-order valence-electron chi connectivity index (χ3n) is 4.94. The predicted octanol–water partition coefficient (Wildman–Crippen LogP) is 0.255. The van der Waals surface area contributed by atoms with Gasteiger partial charge in [0.05, 0.1) is 26.2 Å². The Labute approximate surface area is 227 Å². The van der Waals surface area contributed by atoms with Crippen LogP contribution in [0.4, 0.5) is 0 Å². The predicted molar refractivity (Wildman–Crippen MR) is 124 cm³/mol. The molecule has 0 radical (unpaired) electrons. The fraction of sp³-hybridized carbons (Fsp3) is 0.826. The van der Waals surface area contributed by atoms with E-state index in [9.17, 15) is 27.7 Å². The van der Waals surface area contributed by atoms with E-state index in [0.717, 1.165) is 19.3 Å². The van der Waals surface area contributed by atoms with Crippen LogP contribution in [0.1, 0.15) is 84.0 Å². The zero-order valence-corrected chi connectivity index (χ0v) is 23.7. The van der Waals surface area contributed by atoms with E-state index in [1.165, 1.54) is 51.0 Å². The van der Waals surface area contributed by atoms with Crippen LogP contribution in [0, 0.1) is 0 Å². The number of rotatable bonds is 22. The fourth-order valence-electron chi connectivity index (χ4n) is 3.07. The molecule has 0 amide bonds. The molecule has 0 aromatic carbocycles. The van der Waals surface area contributed by atoms with E-state index in [1.807, 2.05) is 0 Å². The molecule has 0 saturated heterocycles. The van der Waals surface area contributed by atoms with E-state index in [0.29, 0.717) is 6.42 Å². The van der Waals surface area contributed by atoms with E-state index in [2.05, 4.69) is 18.2 Å². The van der Waals surface area contributed by atoms with Gasteiger partial charge in [0.25, 0.3) is 0 Å².